The summed E-state index contributed by atoms with van der Waals surface area (Å²) in [5.74, 6) is 0.0716. The van der Waals surface area contributed by atoms with Crippen LogP contribution in [0.1, 0.15) is 30.2 Å². The number of sulfonamides is 1. The smallest absolute Gasteiger partial charge is 0.264 e. The van der Waals surface area contributed by atoms with E-state index in [2.05, 4.69) is 21.3 Å². The number of pyridine rings is 1. The van der Waals surface area contributed by atoms with E-state index < -0.39 is 21.3 Å². The van der Waals surface area contributed by atoms with Gasteiger partial charge in [0.05, 0.1) is 36.2 Å². The SMILES string of the molecule is C=C(C=N/C=C(\C)OC)[C@@H]1C[C@]1(C(=O)NS(=O)(=O)c1cccc2nc(C)ccc12)c1cc(C)ccc1OC. The van der Waals surface area contributed by atoms with E-state index in [1.807, 2.05) is 26.0 Å². The molecule has 0 unspecified atom stereocenters. The Kier molecular flexibility index (Phi) is 7.42. The van der Waals surface area contributed by atoms with Crippen molar-refractivity contribution in [1.29, 1.82) is 0 Å². The number of rotatable bonds is 9. The maximum absolute atomic E-state index is 14.0. The second kappa shape index (κ2) is 10.4. The Balaban J connectivity index is 1.75. The molecule has 1 aliphatic rings. The minimum Gasteiger partial charge on any atom is -0.500 e. The average Bonchev–Trinajstić information content (AvgIpc) is 3.65. The van der Waals surface area contributed by atoms with Crippen LogP contribution in [-0.4, -0.2) is 39.7 Å². The number of methoxy groups -OCH3 is 2. The summed E-state index contributed by atoms with van der Waals surface area (Å²) in [7, 11) is -1.16. The van der Waals surface area contributed by atoms with Gasteiger partial charge in [0.1, 0.15) is 11.5 Å². The molecule has 8 nitrogen and oxygen atoms in total. The number of benzene rings is 2. The summed E-state index contributed by atoms with van der Waals surface area (Å²) < 4.78 is 40.2. The first-order valence-corrected chi connectivity index (χ1v) is 13.5. The number of amides is 1. The number of hydrogen-bond acceptors (Lipinski definition) is 7. The van der Waals surface area contributed by atoms with E-state index in [0.29, 0.717) is 40.0 Å². The molecule has 9 heteroatoms. The second-order valence-corrected chi connectivity index (χ2v) is 11.1. The van der Waals surface area contributed by atoms with Crippen LogP contribution in [0.5, 0.6) is 5.75 Å². The molecule has 1 aliphatic carbocycles. The molecular weight excluding hydrogens is 502 g/mol. The van der Waals surface area contributed by atoms with Crippen molar-refractivity contribution in [3.63, 3.8) is 0 Å². The van der Waals surface area contributed by atoms with Gasteiger partial charge in [0, 0.05) is 28.8 Å². The van der Waals surface area contributed by atoms with Gasteiger partial charge in [0.25, 0.3) is 10.0 Å². The van der Waals surface area contributed by atoms with Gasteiger partial charge in [0.2, 0.25) is 5.91 Å². The molecule has 4 rings (SSSR count). The number of aromatic nitrogens is 1. The highest BCUT2D eigenvalue weighted by atomic mass is 32.2. The van der Waals surface area contributed by atoms with Crippen molar-refractivity contribution in [2.24, 2.45) is 10.9 Å². The molecular formula is C29H31N3O5S. The van der Waals surface area contributed by atoms with E-state index in [0.717, 1.165) is 11.3 Å². The first-order chi connectivity index (χ1) is 18.0. The van der Waals surface area contributed by atoms with Gasteiger partial charge in [-0.1, -0.05) is 30.3 Å². The van der Waals surface area contributed by atoms with Crippen LogP contribution in [0.4, 0.5) is 0 Å². The number of aliphatic imine (C=N–C) groups is 1. The Hall–Kier alpha value is -3.98. The lowest BCUT2D eigenvalue weighted by Crippen LogP contribution is -2.40. The Morgan fingerprint density at radius 1 is 1.18 bits per heavy atom. The van der Waals surface area contributed by atoms with Crippen LogP contribution >= 0.6 is 0 Å². The maximum Gasteiger partial charge on any atom is 0.264 e. The summed E-state index contributed by atoms with van der Waals surface area (Å²) in [5, 5.41) is 0.435. The summed E-state index contributed by atoms with van der Waals surface area (Å²) in [6.45, 7) is 9.63. The quantitative estimate of drug-likeness (QED) is 0.314. The number of fused-ring (bicyclic) bond motifs is 1. The highest BCUT2D eigenvalue weighted by Gasteiger charge is 2.63. The zero-order valence-corrected chi connectivity index (χ0v) is 22.9. The van der Waals surface area contributed by atoms with Crippen LogP contribution in [0.15, 0.2) is 82.5 Å². The van der Waals surface area contributed by atoms with E-state index in [1.165, 1.54) is 13.2 Å². The number of nitrogens with one attached hydrogen (secondary N) is 1. The van der Waals surface area contributed by atoms with Crippen molar-refractivity contribution in [3.8, 4) is 5.75 Å². The van der Waals surface area contributed by atoms with Crippen molar-refractivity contribution in [3.05, 3.63) is 89.5 Å². The third-order valence-electron chi connectivity index (χ3n) is 6.82. The molecule has 0 aliphatic heterocycles. The predicted molar refractivity (Wildman–Crippen MR) is 148 cm³/mol. The molecule has 0 spiro atoms. The van der Waals surface area contributed by atoms with Crippen LogP contribution in [0, 0.1) is 19.8 Å². The van der Waals surface area contributed by atoms with Crippen LogP contribution < -0.4 is 9.46 Å². The Labute approximate surface area is 223 Å². The standard InChI is InChI=1S/C29H31N3O5S/c1-18-10-13-26(37-6)23(14-18)29(15-24(29)19(2)16-30-17-21(4)36-5)28(33)32-38(34,35)27-9-7-8-25-22(27)12-11-20(3)31-25/h7-14,16-17,24H,2,15H2,1,3-6H3,(H,32,33)/b21-17+,30-16?/t24-,29-/m0/s1. The Bertz CT molecular complexity index is 1590. The van der Waals surface area contributed by atoms with Crippen LogP contribution in [0.25, 0.3) is 10.9 Å². The van der Waals surface area contributed by atoms with Gasteiger partial charge in [0.15, 0.2) is 0 Å². The van der Waals surface area contributed by atoms with E-state index >= 15 is 0 Å². The van der Waals surface area contributed by atoms with E-state index in [-0.39, 0.29) is 10.8 Å². The van der Waals surface area contributed by atoms with Crippen LogP contribution in [-0.2, 0) is 25.0 Å². The molecule has 1 N–H and O–H groups in total. The van der Waals surface area contributed by atoms with E-state index in [9.17, 15) is 13.2 Å². The third kappa shape index (κ3) is 5.06. The van der Waals surface area contributed by atoms with Gasteiger partial charge >= 0.3 is 0 Å². The topological polar surface area (TPSA) is 107 Å². The first kappa shape index (κ1) is 27.1. The third-order valence-corrected chi connectivity index (χ3v) is 8.20. The zero-order valence-electron chi connectivity index (χ0n) is 22.1. The fraction of sp³-hybridized carbons (Fsp3) is 0.276. The summed E-state index contributed by atoms with van der Waals surface area (Å²) in [5.41, 5.74) is 2.20. The summed E-state index contributed by atoms with van der Waals surface area (Å²) >= 11 is 0. The number of ether oxygens (including phenoxy) is 2. The largest absolute Gasteiger partial charge is 0.500 e. The monoisotopic (exact) mass is 533 g/mol. The fourth-order valence-electron chi connectivity index (χ4n) is 4.66. The van der Waals surface area contributed by atoms with Crippen molar-refractivity contribution in [2.45, 2.75) is 37.5 Å². The molecule has 0 radical (unpaired) electrons. The van der Waals surface area contributed by atoms with Crippen molar-refractivity contribution >= 4 is 33.0 Å². The van der Waals surface area contributed by atoms with E-state index in [4.69, 9.17) is 9.47 Å². The molecule has 1 saturated carbocycles. The normalized spacial score (nSPS) is 19.4. The number of aryl methyl sites for hydroxylation is 2. The van der Waals surface area contributed by atoms with Crippen LogP contribution in [0.2, 0.25) is 0 Å². The summed E-state index contributed by atoms with van der Waals surface area (Å²) in [6, 6.07) is 13.8. The molecule has 2 aromatic carbocycles. The van der Waals surface area contributed by atoms with Gasteiger partial charge < -0.3 is 9.47 Å². The molecule has 2 atom stereocenters. The minimum absolute atomic E-state index is 0.0139. The number of carbonyl (C=O) groups is 1. The summed E-state index contributed by atoms with van der Waals surface area (Å²) in [4.78, 5) is 22.6. The molecule has 198 valence electrons. The van der Waals surface area contributed by atoms with E-state index in [1.54, 1.807) is 56.8 Å². The molecule has 1 heterocycles. The van der Waals surface area contributed by atoms with Gasteiger partial charge in [-0.2, -0.15) is 0 Å². The maximum atomic E-state index is 14.0. The van der Waals surface area contributed by atoms with Crippen molar-refractivity contribution in [2.75, 3.05) is 14.2 Å². The molecule has 0 bridgehead atoms. The van der Waals surface area contributed by atoms with Gasteiger partial charge in [-0.15, -0.1) is 0 Å². The lowest BCUT2D eigenvalue weighted by molar-refractivity contribution is -0.122. The number of nitrogens with zero attached hydrogens (tertiary/aromatic N) is 2. The van der Waals surface area contributed by atoms with Crippen molar-refractivity contribution in [1.82, 2.24) is 9.71 Å². The Morgan fingerprint density at radius 2 is 1.95 bits per heavy atom. The fourth-order valence-corrected chi connectivity index (χ4v) is 5.92. The van der Waals surface area contributed by atoms with Gasteiger partial charge in [-0.3, -0.25) is 14.8 Å². The zero-order chi connectivity index (χ0) is 27.7. The number of carbonyl (C=O) groups excluding carboxylic acids is 1. The molecule has 1 amide bonds. The Morgan fingerprint density at radius 3 is 2.66 bits per heavy atom. The summed E-state index contributed by atoms with van der Waals surface area (Å²) in [6.07, 6.45) is 3.46. The van der Waals surface area contributed by atoms with Gasteiger partial charge in [-0.05, 0) is 63.1 Å². The minimum atomic E-state index is -4.23. The van der Waals surface area contributed by atoms with Gasteiger partial charge in [-0.25, -0.2) is 13.1 Å². The molecule has 3 aromatic rings. The van der Waals surface area contributed by atoms with Crippen molar-refractivity contribution < 1.29 is 22.7 Å². The lowest BCUT2D eigenvalue weighted by atomic mass is 9.88. The van der Waals surface area contributed by atoms with Crippen LogP contribution in [0.3, 0.4) is 0 Å². The predicted octanol–water partition coefficient (Wildman–Crippen LogP) is 4.76. The first-order valence-electron chi connectivity index (χ1n) is 12.0. The molecule has 38 heavy (non-hydrogen) atoms. The number of allylic oxidation sites excluding steroid dienone is 2. The highest BCUT2D eigenvalue weighted by Crippen LogP contribution is 2.59. The number of hydrogen-bond donors (Lipinski definition) is 1. The molecule has 0 saturated heterocycles. The lowest BCUT2D eigenvalue weighted by Gasteiger charge is -2.21. The average molecular weight is 534 g/mol. The molecule has 1 fully saturated rings. The highest BCUT2D eigenvalue weighted by molar-refractivity contribution is 7.90. The molecule has 1 aromatic heterocycles. The second-order valence-electron chi connectivity index (χ2n) is 9.44.